The Kier molecular flexibility index (Phi) is 5.82. The number of aromatic nitrogens is 2. The van der Waals surface area contributed by atoms with E-state index in [2.05, 4.69) is 25.8 Å². The first-order chi connectivity index (χ1) is 15.5. The lowest BCUT2D eigenvalue weighted by Crippen LogP contribution is -2.30. The summed E-state index contributed by atoms with van der Waals surface area (Å²) in [6.45, 7) is 0. The molecule has 160 valence electrons. The fourth-order valence-electron chi connectivity index (χ4n) is 4.07. The number of rotatable bonds is 4. The Labute approximate surface area is 206 Å². The van der Waals surface area contributed by atoms with Crippen molar-refractivity contribution in [3.05, 3.63) is 112 Å². The van der Waals surface area contributed by atoms with Gasteiger partial charge < -0.3 is 14.8 Å². The van der Waals surface area contributed by atoms with Gasteiger partial charge in [-0.15, -0.1) is 0 Å². The SMILES string of the molecule is S=C1N[C@H](c2ccccn2)[C@@H](c2cccn2-c2ccc(Cl)cc2Cl)N1c1ccc(Cl)cc1. The zero-order valence-corrected chi connectivity index (χ0v) is 19.7. The van der Waals surface area contributed by atoms with Crippen LogP contribution in [-0.4, -0.2) is 14.7 Å². The van der Waals surface area contributed by atoms with Gasteiger partial charge in [-0.2, -0.15) is 0 Å². The number of hydrogen-bond donors (Lipinski definition) is 1. The summed E-state index contributed by atoms with van der Waals surface area (Å²) in [4.78, 5) is 6.70. The molecule has 0 amide bonds. The normalized spacial score (nSPS) is 18.1. The summed E-state index contributed by atoms with van der Waals surface area (Å²) in [5.41, 5.74) is 3.67. The summed E-state index contributed by atoms with van der Waals surface area (Å²) in [6.07, 6.45) is 3.78. The molecule has 4 nitrogen and oxygen atoms in total. The third-order valence-corrected chi connectivity index (χ3v) is 6.56. The number of hydrogen-bond acceptors (Lipinski definition) is 2. The quantitative estimate of drug-likeness (QED) is 0.306. The maximum Gasteiger partial charge on any atom is 0.174 e. The molecule has 0 bridgehead atoms. The van der Waals surface area contributed by atoms with Crippen LogP contribution >= 0.6 is 47.0 Å². The van der Waals surface area contributed by atoms with Crippen molar-refractivity contribution < 1.29 is 0 Å². The van der Waals surface area contributed by atoms with Crippen LogP contribution in [0, 0.1) is 0 Å². The molecule has 1 saturated heterocycles. The first-order valence-corrected chi connectivity index (χ1v) is 11.5. The van der Waals surface area contributed by atoms with Crippen molar-refractivity contribution in [3.63, 3.8) is 0 Å². The molecular formula is C24H17Cl3N4S. The molecule has 1 aliphatic heterocycles. The van der Waals surface area contributed by atoms with E-state index in [1.807, 2.05) is 66.9 Å². The maximum atomic E-state index is 6.57. The zero-order valence-electron chi connectivity index (χ0n) is 16.6. The monoisotopic (exact) mass is 498 g/mol. The van der Waals surface area contributed by atoms with Gasteiger partial charge in [0, 0.05) is 33.8 Å². The van der Waals surface area contributed by atoms with Crippen molar-refractivity contribution in [2.24, 2.45) is 0 Å². The van der Waals surface area contributed by atoms with Crippen molar-refractivity contribution in [1.82, 2.24) is 14.9 Å². The average Bonchev–Trinajstić information content (AvgIpc) is 3.39. The Hall–Kier alpha value is -2.57. The van der Waals surface area contributed by atoms with Crippen LogP contribution in [0.5, 0.6) is 0 Å². The van der Waals surface area contributed by atoms with Crippen LogP contribution in [0.25, 0.3) is 5.69 Å². The van der Waals surface area contributed by atoms with Gasteiger partial charge in [-0.3, -0.25) is 4.98 Å². The van der Waals surface area contributed by atoms with Crippen LogP contribution in [0.3, 0.4) is 0 Å². The fraction of sp³-hybridized carbons (Fsp3) is 0.0833. The molecule has 2 atom stereocenters. The third-order valence-electron chi connectivity index (χ3n) is 5.46. The highest BCUT2D eigenvalue weighted by molar-refractivity contribution is 7.80. The number of anilines is 1. The smallest absolute Gasteiger partial charge is 0.174 e. The lowest BCUT2D eigenvalue weighted by molar-refractivity contribution is 0.549. The van der Waals surface area contributed by atoms with Crippen LogP contribution in [0.15, 0.2) is 85.2 Å². The summed E-state index contributed by atoms with van der Waals surface area (Å²) < 4.78 is 2.07. The van der Waals surface area contributed by atoms with Gasteiger partial charge >= 0.3 is 0 Å². The minimum atomic E-state index is -0.180. The van der Waals surface area contributed by atoms with E-state index in [9.17, 15) is 0 Å². The highest BCUT2D eigenvalue weighted by Gasteiger charge is 2.42. The van der Waals surface area contributed by atoms with Gasteiger partial charge in [-0.25, -0.2) is 0 Å². The lowest BCUT2D eigenvalue weighted by atomic mass is 10.0. The predicted molar refractivity (Wildman–Crippen MR) is 135 cm³/mol. The number of benzene rings is 2. The van der Waals surface area contributed by atoms with Gasteiger partial charge in [0.25, 0.3) is 0 Å². The van der Waals surface area contributed by atoms with Crippen LogP contribution < -0.4 is 10.2 Å². The number of pyridine rings is 1. The molecule has 2 aromatic heterocycles. The van der Waals surface area contributed by atoms with Crippen LogP contribution in [0.1, 0.15) is 23.5 Å². The van der Waals surface area contributed by atoms with Gasteiger partial charge in [-0.05, 0) is 78.9 Å². The number of nitrogens with zero attached hydrogens (tertiary/aromatic N) is 3. The largest absolute Gasteiger partial charge is 0.351 e. The summed E-state index contributed by atoms with van der Waals surface area (Å²) in [6, 6.07) is 22.7. The Morgan fingerprint density at radius 3 is 2.38 bits per heavy atom. The molecule has 0 radical (unpaired) electrons. The van der Waals surface area contributed by atoms with Crippen LogP contribution in [0.2, 0.25) is 15.1 Å². The van der Waals surface area contributed by atoms with Gasteiger partial charge in [0.2, 0.25) is 0 Å². The van der Waals surface area contributed by atoms with Gasteiger partial charge in [-0.1, -0.05) is 40.9 Å². The molecule has 1 N–H and O–H groups in total. The summed E-state index contributed by atoms with van der Waals surface area (Å²) in [5.74, 6) is 0. The second-order valence-corrected chi connectivity index (χ2v) is 9.04. The van der Waals surface area contributed by atoms with Crippen molar-refractivity contribution in [2.45, 2.75) is 12.1 Å². The van der Waals surface area contributed by atoms with Gasteiger partial charge in [0.15, 0.2) is 5.11 Å². The maximum absolute atomic E-state index is 6.57. The molecule has 2 aromatic carbocycles. The van der Waals surface area contributed by atoms with E-state index in [1.165, 1.54) is 0 Å². The molecule has 4 aromatic rings. The Balaban J connectivity index is 1.68. The minimum Gasteiger partial charge on any atom is -0.351 e. The average molecular weight is 500 g/mol. The molecule has 3 heterocycles. The molecule has 1 fully saturated rings. The Bertz CT molecular complexity index is 1270. The number of halogens is 3. The van der Waals surface area contributed by atoms with Gasteiger partial charge in [0.1, 0.15) is 6.04 Å². The second-order valence-electron chi connectivity index (χ2n) is 7.37. The molecule has 0 aliphatic carbocycles. The number of nitrogens with one attached hydrogen (secondary N) is 1. The van der Waals surface area contributed by atoms with E-state index < -0.39 is 0 Å². The standard InChI is InChI=1S/C24H17Cl3N4S/c25-15-6-9-17(10-7-15)31-23(22(29-24(31)32)19-4-1-2-12-28-19)21-5-3-13-30(21)20-11-8-16(26)14-18(20)27/h1-14,22-23H,(H,29,32)/t22-,23-/m1/s1. The molecule has 0 saturated carbocycles. The summed E-state index contributed by atoms with van der Waals surface area (Å²) in [5, 5.41) is 5.90. The van der Waals surface area contributed by atoms with E-state index >= 15 is 0 Å². The van der Waals surface area contributed by atoms with E-state index in [4.69, 9.17) is 47.0 Å². The molecule has 5 rings (SSSR count). The minimum absolute atomic E-state index is 0.167. The van der Waals surface area contributed by atoms with Crippen molar-refractivity contribution in [3.8, 4) is 5.69 Å². The molecule has 8 heteroatoms. The fourth-order valence-corrected chi connectivity index (χ4v) is 5.04. The molecule has 0 unspecified atom stereocenters. The summed E-state index contributed by atoms with van der Waals surface area (Å²) >= 11 is 24.6. The molecule has 0 spiro atoms. The first-order valence-electron chi connectivity index (χ1n) is 9.92. The second kappa shape index (κ2) is 8.75. The Morgan fingerprint density at radius 2 is 1.66 bits per heavy atom. The van der Waals surface area contributed by atoms with Crippen molar-refractivity contribution >= 4 is 57.8 Å². The highest BCUT2D eigenvalue weighted by atomic mass is 35.5. The van der Waals surface area contributed by atoms with Gasteiger partial charge in [0.05, 0.1) is 22.4 Å². The third kappa shape index (κ3) is 3.86. The van der Waals surface area contributed by atoms with Crippen molar-refractivity contribution in [2.75, 3.05) is 4.90 Å². The topological polar surface area (TPSA) is 33.1 Å². The van der Waals surface area contributed by atoms with E-state index in [0.717, 1.165) is 22.8 Å². The predicted octanol–water partition coefficient (Wildman–Crippen LogP) is 7.01. The zero-order chi connectivity index (χ0) is 22.2. The molecular weight excluding hydrogens is 483 g/mol. The van der Waals surface area contributed by atoms with Crippen LogP contribution in [0.4, 0.5) is 5.69 Å². The van der Waals surface area contributed by atoms with E-state index in [-0.39, 0.29) is 12.1 Å². The lowest BCUT2D eigenvalue weighted by Gasteiger charge is -2.29. The van der Waals surface area contributed by atoms with E-state index in [0.29, 0.717) is 20.2 Å². The first kappa shape index (κ1) is 21.3. The van der Waals surface area contributed by atoms with Crippen molar-refractivity contribution in [1.29, 1.82) is 0 Å². The van der Waals surface area contributed by atoms with E-state index in [1.54, 1.807) is 12.3 Å². The Morgan fingerprint density at radius 1 is 0.875 bits per heavy atom. The van der Waals surface area contributed by atoms with Crippen LogP contribution in [-0.2, 0) is 0 Å². The number of thiocarbonyl (C=S) groups is 1. The molecule has 32 heavy (non-hydrogen) atoms. The molecule has 1 aliphatic rings. The highest BCUT2D eigenvalue weighted by Crippen LogP contribution is 2.43. The summed E-state index contributed by atoms with van der Waals surface area (Å²) in [7, 11) is 0.